The van der Waals surface area contributed by atoms with Crippen LogP contribution in [0.25, 0.3) is 0 Å². The zero-order chi connectivity index (χ0) is 14.4. The van der Waals surface area contributed by atoms with Crippen LogP contribution in [0.3, 0.4) is 0 Å². The number of aryl methyl sites for hydroxylation is 1. The number of benzene rings is 1. The van der Waals surface area contributed by atoms with Gasteiger partial charge in [0.15, 0.2) is 0 Å². The molecule has 1 rings (SSSR count). The summed E-state index contributed by atoms with van der Waals surface area (Å²) in [4.78, 5) is 14.7. The van der Waals surface area contributed by atoms with Crippen LogP contribution < -0.4 is 4.90 Å². The van der Waals surface area contributed by atoms with E-state index in [-0.39, 0.29) is 6.54 Å². The lowest BCUT2D eigenvalue weighted by atomic mass is 10.1. The van der Waals surface area contributed by atoms with E-state index in [9.17, 15) is 4.79 Å². The number of carboxylic acids is 1. The zero-order valence-electron chi connectivity index (χ0n) is 11.6. The maximum absolute atomic E-state index is 11.0. The molecule has 0 spiro atoms. The molecule has 0 unspecified atom stereocenters. The van der Waals surface area contributed by atoms with Crippen molar-refractivity contribution in [3.63, 3.8) is 0 Å². The molecule has 102 valence electrons. The number of hydrogen-bond donors (Lipinski definition) is 1. The zero-order valence-corrected chi connectivity index (χ0v) is 11.6. The number of nitriles is 1. The molecule has 1 aromatic carbocycles. The molecule has 5 nitrogen and oxygen atoms in total. The molecular formula is C14H19N3O2. The first-order chi connectivity index (χ1) is 8.93. The molecule has 0 heterocycles. The summed E-state index contributed by atoms with van der Waals surface area (Å²) in [5.74, 6) is -0.899. The highest BCUT2D eigenvalue weighted by molar-refractivity contribution is 5.75. The van der Waals surface area contributed by atoms with Crippen molar-refractivity contribution in [3.8, 4) is 6.07 Å². The summed E-state index contributed by atoms with van der Waals surface area (Å²) in [5, 5.41) is 18.1. The molecule has 0 amide bonds. The smallest absolute Gasteiger partial charge is 0.323 e. The predicted molar refractivity (Wildman–Crippen MR) is 74.3 cm³/mol. The van der Waals surface area contributed by atoms with Crippen LogP contribution in [-0.4, -0.2) is 49.7 Å². The molecular weight excluding hydrogens is 242 g/mol. The predicted octanol–water partition coefficient (Wildman–Crippen LogP) is 1.32. The Kier molecular flexibility index (Phi) is 5.34. The third-order valence-corrected chi connectivity index (χ3v) is 2.76. The minimum Gasteiger partial charge on any atom is -0.480 e. The van der Waals surface area contributed by atoms with Crippen molar-refractivity contribution in [2.45, 2.75) is 6.92 Å². The van der Waals surface area contributed by atoms with Gasteiger partial charge in [0.25, 0.3) is 0 Å². The molecule has 5 heteroatoms. The highest BCUT2D eigenvalue weighted by Gasteiger charge is 2.14. The summed E-state index contributed by atoms with van der Waals surface area (Å²) in [6, 6.07) is 7.56. The molecule has 0 radical (unpaired) electrons. The van der Waals surface area contributed by atoms with E-state index >= 15 is 0 Å². The quantitative estimate of drug-likeness (QED) is 0.836. The van der Waals surface area contributed by atoms with Crippen molar-refractivity contribution in [1.29, 1.82) is 5.26 Å². The highest BCUT2D eigenvalue weighted by Crippen LogP contribution is 2.21. The van der Waals surface area contributed by atoms with Gasteiger partial charge in [-0.15, -0.1) is 0 Å². The molecule has 0 aliphatic carbocycles. The molecule has 0 bridgehead atoms. The van der Waals surface area contributed by atoms with Crippen molar-refractivity contribution in [2.24, 2.45) is 0 Å². The average molecular weight is 261 g/mol. The van der Waals surface area contributed by atoms with E-state index in [1.807, 2.05) is 38.1 Å². The van der Waals surface area contributed by atoms with Gasteiger partial charge in [0.2, 0.25) is 0 Å². The van der Waals surface area contributed by atoms with E-state index in [1.54, 1.807) is 11.0 Å². The lowest BCUT2D eigenvalue weighted by Crippen LogP contribution is -2.36. The Balaban J connectivity index is 3.05. The Morgan fingerprint density at radius 1 is 1.37 bits per heavy atom. The first kappa shape index (κ1) is 15.0. The van der Waals surface area contributed by atoms with Gasteiger partial charge in [0.1, 0.15) is 12.6 Å². The fourth-order valence-corrected chi connectivity index (χ4v) is 1.77. The molecule has 0 aliphatic rings. The Labute approximate surface area is 113 Å². The number of aliphatic carboxylic acids is 1. The molecule has 1 aromatic rings. The van der Waals surface area contributed by atoms with Crippen LogP contribution in [0, 0.1) is 18.3 Å². The maximum Gasteiger partial charge on any atom is 0.323 e. The third kappa shape index (κ3) is 4.60. The van der Waals surface area contributed by atoms with E-state index in [2.05, 4.69) is 6.07 Å². The average Bonchev–Trinajstić information content (AvgIpc) is 2.33. The Morgan fingerprint density at radius 3 is 2.58 bits per heavy atom. The Hall–Kier alpha value is -2.06. The summed E-state index contributed by atoms with van der Waals surface area (Å²) < 4.78 is 0. The van der Waals surface area contributed by atoms with E-state index < -0.39 is 5.97 Å². The number of anilines is 1. The first-order valence-corrected chi connectivity index (χ1v) is 6.06. The molecule has 0 aromatic heterocycles. The van der Waals surface area contributed by atoms with Crippen molar-refractivity contribution in [1.82, 2.24) is 4.90 Å². The maximum atomic E-state index is 11.0. The van der Waals surface area contributed by atoms with Crippen LogP contribution >= 0.6 is 0 Å². The van der Waals surface area contributed by atoms with Crippen LogP contribution in [-0.2, 0) is 4.79 Å². The van der Waals surface area contributed by atoms with Gasteiger partial charge in [-0.25, -0.2) is 0 Å². The van der Waals surface area contributed by atoms with Crippen LogP contribution in [0.5, 0.6) is 0 Å². The Morgan fingerprint density at radius 2 is 2.05 bits per heavy atom. The second-order valence-electron chi connectivity index (χ2n) is 4.75. The monoisotopic (exact) mass is 261 g/mol. The van der Waals surface area contributed by atoms with Gasteiger partial charge < -0.3 is 14.9 Å². The second kappa shape index (κ2) is 6.76. The van der Waals surface area contributed by atoms with Crippen molar-refractivity contribution >= 4 is 11.7 Å². The normalized spacial score (nSPS) is 10.3. The minimum atomic E-state index is -0.899. The molecule has 0 aliphatic heterocycles. The molecule has 0 atom stereocenters. The van der Waals surface area contributed by atoms with E-state index in [4.69, 9.17) is 10.4 Å². The summed E-state index contributed by atoms with van der Waals surface area (Å²) in [6.45, 7) is 3.12. The van der Waals surface area contributed by atoms with Gasteiger partial charge in [-0.05, 0) is 38.7 Å². The number of hydrogen-bond acceptors (Lipinski definition) is 4. The molecule has 0 fully saturated rings. The van der Waals surface area contributed by atoms with Crippen molar-refractivity contribution in [3.05, 3.63) is 29.3 Å². The molecule has 1 N–H and O–H groups in total. The van der Waals surface area contributed by atoms with E-state index in [0.29, 0.717) is 17.8 Å². The van der Waals surface area contributed by atoms with Gasteiger partial charge in [-0.2, -0.15) is 5.26 Å². The third-order valence-electron chi connectivity index (χ3n) is 2.76. The number of carboxylic acid groups (broad SMARTS) is 1. The first-order valence-electron chi connectivity index (χ1n) is 6.06. The van der Waals surface area contributed by atoms with Crippen molar-refractivity contribution < 1.29 is 9.90 Å². The number of rotatable bonds is 6. The largest absolute Gasteiger partial charge is 0.480 e. The topological polar surface area (TPSA) is 67.6 Å². The van der Waals surface area contributed by atoms with Gasteiger partial charge in [-0.3, -0.25) is 4.79 Å². The lowest BCUT2D eigenvalue weighted by Gasteiger charge is -2.25. The number of carbonyl (C=O) groups is 1. The van der Waals surface area contributed by atoms with E-state index in [0.717, 1.165) is 12.1 Å². The van der Waals surface area contributed by atoms with Crippen LogP contribution in [0.15, 0.2) is 18.2 Å². The van der Waals surface area contributed by atoms with Gasteiger partial charge in [0.05, 0.1) is 11.3 Å². The summed E-state index contributed by atoms with van der Waals surface area (Å²) in [6.07, 6.45) is 0. The fourth-order valence-electron chi connectivity index (χ4n) is 1.77. The van der Waals surface area contributed by atoms with Crippen LogP contribution in [0.1, 0.15) is 11.1 Å². The summed E-state index contributed by atoms with van der Waals surface area (Å²) in [5.41, 5.74) is 2.20. The van der Waals surface area contributed by atoms with Crippen molar-refractivity contribution in [2.75, 3.05) is 38.6 Å². The SMILES string of the molecule is Cc1ccc(C#N)c(N(CCN(C)C)CC(=O)O)c1. The van der Waals surface area contributed by atoms with E-state index in [1.165, 1.54) is 0 Å². The molecule has 0 saturated carbocycles. The Bertz CT molecular complexity index is 492. The second-order valence-corrected chi connectivity index (χ2v) is 4.75. The number of nitrogens with zero attached hydrogens (tertiary/aromatic N) is 3. The van der Waals surface area contributed by atoms with Crippen LogP contribution in [0.2, 0.25) is 0 Å². The van der Waals surface area contributed by atoms with Gasteiger partial charge in [-0.1, -0.05) is 6.07 Å². The summed E-state index contributed by atoms with van der Waals surface area (Å²) >= 11 is 0. The molecule has 19 heavy (non-hydrogen) atoms. The number of likely N-dealkylation sites (N-methyl/N-ethyl adjacent to an activating group) is 1. The highest BCUT2D eigenvalue weighted by atomic mass is 16.4. The standard InChI is InChI=1S/C14H19N3O2/c1-11-4-5-12(9-15)13(8-11)17(10-14(18)19)7-6-16(2)3/h4-5,8H,6-7,10H2,1-3H3,(H,18,19). The minimum absolute atomic E-state index is 0.105. The lowest BCUT2D eigenvalue weighted by molar-refractivity contribution is -0.135. The fraction of sp³-hybridized carbons (Fsp3) is 0.429. The van der Waals surface area contributed by atoms with Crippen LogP contribution in [0.4, 0.5) is 5.69 Å². The van der Waals surface area contributed by atoms with Gasteiger partial charge >= 0.3 is 5.97 Å². The van der Waals surface area contributed by atoms with Gasteiger partial charge in [0, 0.05) is 13.1 Å². The molecule has 0 saturated heterocycles. The summed E-state index contributed by atoms with van der Waals surface area (Å²) in [7, 11) is 3.86.